The zero-order chi connectivity index (χ0) is 28.4. The fourth-order valence-electron chi connectivity index (χ4n) is 4.39. The molecule has 0 radical (unpaired) electrons. The number of amides is 1. The van der Waals surface area contributed by atoms with Crippen LogP contribution in [0.4, 0.5) is 14.9 Å². The number of imidazole rings is 1. The highest BCUT2D eigenvalue weighted by Gasteiger charge is 2.36. The first kappa shape index (κ1) is 31.0. The van der Waals surface area contributed by atoms with Gasteiger partial charge in [0.15, 0.2) is 5.65 Å². The summed E-state index contributed by atoms with van der Waals surface area (Å²) < 4.78 is 33.2. The van der Waals surface area contributed by atoms with Gasteiger partial charge in [0.2, 0.25) is 0 Å². The Hall–Kier alpha value is -2.56. The molecule has 1 aliphatic rings. The molecule has 1 fully saturated rings. The summed E-state index contributed by atoms with van der Waals surface area (Å²) in [6.07, 6.45) is 0.883. The van der Waals surface area contributed by atoms with Crippen LogP contribution in [0, 0.1) is 17.8 Å². The van der Waals surface area contributed by atoms with E-state index in [1.54, 1.807) is 25.2 Å². The summed E-state index contributed by atoms with van der Waals surface area (Å²) in [4.78, 5) is 18.5. The van der Waals surface area contributed by atoms with E-state index < -0.39 is 23.9 Å². The van der Waals surface area contributed by atoms with Gasteiger partial charge >= 0.3 is 6.09 Å². The van der Waals surface area contributed by atoms with Crippen molar-refractivity contribution in [3.05, 3.63) is 24.0 Å². The minimum Gasteiger partial charge on any atom is -0.444 e. The minimum absolute atomic E-state index is 0.0148. The lowest BCUT2D eigenvalue weighted by Gasteiger charge is -2.40. The molecule has 2 aromatic rings. The van der Waals surface area contributed by atoms with Crippen LogP contribution in [0.25, 0.3) is 5.65 Å². The van der Waals surface area contributed by atoms with E-state index in [1.807, 2.05) is 30.3 Å². The fraction of sp³-hybridized carbons (Fsp3) is 0.630. The highest BCUT2D eigenvalue weighted by Crippen LogP contribution is 2.29. The molecule has 10 nitrogen and oxygen atoms in total. The number of nitrogens with zero attached hydrogens (tertiary/aromatic N) is 3. The molecular weight excluding hydrogens is 525 g/mol. The highest BCUT2D eigenvalue weighted by atomic mass is 32.1. The number of hydrogen-bond acceptors (Lipinski definition) is 9. The summed E-state index contributed by atoms with van der Waals surface area (Å²) in [5.41, 5.74) is 1.14. The molecule has 2 aromatic heterocycles. The number of halogens is 1. The molecule has 1 saturated heterocycles. The highest BCUT2D eigenvalue weighted by molar-refractivity contribution is 7.80. The number of aromatic nitrogens is 2. The predicted molar refractivity (Wildman–Crippen MR) is 150 cm³/mol. The van der Waals surface area contributed by atoms with Crippen LogP contribution in [0.2, 0.25) is 0 Å². The van der Waals surface area contributed by atoms with Crippen LogP contribution in [0.3, 0.4) is 0 Å². The Morgan fingerprint density at radius 1 is 1.26 bits per heavy atom. The lowest BCUT2D eigenvalue weighted by atomic mass is 9.88. The monoisotopic (exact) mass is 565 g/mol. The van der Waals surface area contributed by atoms with E-state index in [4.69, 9.17) is 19.3 Å². The molecule has 216 valence electrons. The number of piperidine rings is 1. The number of carbonyl (C=O) groups excluding carboxylic acids is 1. The maximum atomic E-state index is 15.3. The first-order chi connectivity index (χ1) is 18.6. The SMILES string of the molecule is CN1CC(F)C(Nc2cccn3c(S)c(C#CCNC(=O)OC(C)(C)C)nc23)C(CCOCCOCCO)C1. The van der Waals surface area contributed by atoms with Crippen LogP contribution in [-0.4, -0.2) is 103 Å². The predicted octanol–water partition coefficient (Wildman–Crippen LogP) is 2.60. The second-order valence-corrected chi connectivity index (χ2v) is 10.9. The van der Waals surface area contributed by atoms with Gasteiger partial charge in [-0.3, -0.25) is 4.40 Å². The summed E-state index contributed by atoms with van der Waals surface area (Å²) in [6, 6.07) is 3.30. The molecule has 1 amide bonds. The number of alkyl halides is 1. The van der Waals surface area contributed by atoms with Crippen molar-refractivity contribution in [1.82, 2.24) is 19.6 Å². The van der Waals surface area contributed by atoms with E-state index in [9.17, 15) is 4.79 Å². The van der Waals surface area contributed by atoms with Crippen LogP contribution in [0.1, 0.15) is 32.9 Å². The molecule has 3 rings (SSSR count). The Balaban J connectivity index is 1.67. The number of hydrogen-bond donors (Lipinski definition) is 4. The smallest absolute Gasteiger partial charge is 0.408 e. The summed E-state index contributed by atoms with van der Waals surface area (Å²) >= 11 is 4.60. The number of nitrogens with one attached hydrogen (secondary N) is 2. The van der Waals surface area contributed by atoms with Gasteiger partial charge in [-0.1, -0.05) is 5.92 Å². The van der Waals surface area contributed by atoms with Crippen molar-refractivity contribution < 1.29 is 28.5 Å². The van der Waals surface area contributed by atoms with E-state index in [1.165, 1.54) is 0 Å². The van der Waals surface area contributed by atoms with Gasteiger partial charge in [0, 0.05) is 25.9 Å². The Kier molecular flexibility index (Phi) is 11.7. The summed E-state index contributed by atoms with van der Waals surface area (Å²) in [5.74, 6) is 5.84. The summed E-state index contributed by atoms with van der Waals surface area (Å²) in [6.45, 7) is 8.13. The molecule has 3 unspecified atom stereocenters. The van der Waals surface area contributed by atoms with Gasteiger partial charge in [0.1, 0.15) is 22.5 Å². The molecule has 3 atom stereocenters. The molecule has 0 bridgehead atoms. The number of alkyl carbamates (subject to hydrolysis) is 1. The normalized spacial score (nSPS) is 19.9. The number of likely N-dealkylation sites (tertiary alicyclic amines) is 1. The lowest BCUT2D eigenvalue weighted by molar-refractivity contribution is 0.0213. The number of carbonyl (C=O) groups is 1. The third-order valence-electron chi connectivity index (χ3n) is 6.04. The number of pyridine rings is 1. The molecule has 12 heteroatoms. The van der Waals surface area contributed by atoms with Crippen LogP contribution >= 0.6 is 12.6 Å². The van der Waals surface area contributed by atoms with Crippen molar-refractivity contribution in [1.29, 1.82) is 0 Å². The van der Waals surface area contributed by atoms with E-state index >= 15 is 4.39 Å². The molecule has 0 aromatic carbocycles. The molecule has 1 aliphatic heterocycles. The van der Waals surface area contributed by atoms with Gasteiger partial charge in [-0.2, -0.15) is 0 Å². The number of anilines is 1. The molecule has 3 N–H and O–H groups in total. The third kappa shape index (κ3) is 9.54. The zero-order valence-electron chi connectivity index (χ0n) is 23.1. The second kappa shape index (κ2) is 14.7. The van der Waals surface area contributed by atoms with Gasteiger partial charge < -0.3 is 34.9 Å². The average Bonchev–Trinajstić information content (AvgIpc) is 3.18. The van der Waals surface area contributed by atoms with Crippen LogP contribution in [0.5, 0.6) is 0 Å². The number of rotatable bonds is 11. The van der Waals surface area contributed by atoms with Gasteiger partial charge in [-0.25, -0.2) is 14.2 Å². The summed E-state index contributed by atoms with van der Waals surface area (Å²) in [5, 5.41) is 15.3. The van der Waals surface area contributed by atoms with Gasteiger partial charge in [0.05, 0.1) is 44.7 Å². The quantitative estimate of drug-likeness (QED) is 0.187. The van der Waals surface area contributed by atoms with Crippen molar-refractivity contribution in [2.75, 3.05) is 65.0 Å². The van der Waals surface area contributed by atoms with Gasteiger partial charge in [-0.15, -0.1) is 12.6 Å². The first-order valence-corrected chi connectivity index (χ1v) is 13.5. The Bertz CT molecular complexity index is 1150. The maximum Gasteiger partial charge on any atom is 0.408 e. The Morgan fingerprint density at radius 3 is 2.72 bits per heavy atom. The van der Waals surface area contributed by atoms with Gasteiger partial charge in [-0.05, 0) is 58.2 Å². The van der Waals surface area contributed by atoms with Crippen molar-refractivity contribution >= 4 is 30.1 Å². The van der Waals surface area contributed by atoms with E-state index in [0.717, 1.165) is 6.54 Å². The van der Waals surface area contributed by atoms with Crippen molar-refractivity contribution in [2.45, 2.75) is 50.0 Å². The largest absolute Gasteiger partial charge is 0.444 e. The van der Waals surface area contributed by atoms with Crippen LogP contribution < -0.4 is 10.6 Å². The maximum absolute atomic E-state index is 15.3. The van der Waals surface area contributed by atoms with Crippen molar-refractivity contribution in [3.63, 3.8) is 0 Å². The molecule has 3 heterocycles. The summed E-state index contributed by atoms with van der Waals surface area (Å²) in [7, 11) is 1.92. The Labute approximate surface area is 235 Å². The molecule has 0 saturated carbocycles. The number of ether oxygens (including phenoxy) is 3. The third-order valence-corrected chi connectivity index (χ3v) is 6.47. The van der Waals surface area contributed by atoms with Crippen LogP contribution in [-0.2, 0) is 14.2 Å². The molecular formula is C27H40FN5O5S. The standard InChI is InChI=1S/C27H40FN5O5S/c1-27(2,3)38-26(35)29-10-5-7-22-25(39)33-11-6-8-21(24(33)31-22)30-23-19(17-32(4)18-20(23)28)9-13-36-15-16-37-14-12-34/h6,8,11,19-20,23,30,34,39H,9-10,12-18H2,1-4H3,(H,29,35). The van der Waals surface area contributed by atoms with Crippen molar-refractivity contribution in [3.8, 4) is 11.8 Å². The Morgan fingerprint density at radius 2 is 2.00 bits per heavy atom. The zero-order valence-corrected chi connectivity index (χ0v) is 24.0. The van der Waals surface area contributed by atoms with Crippen LogP contribution in [0.15, 0.2) is 23.4 Å². The molecule has 0 aliphatic carbocycles. The van der Waals surface area contributed by atoms with Gasteiger partial charge in [0.25, 0.3) is 0 Å². The number of thiol groups is 1. The number of aliphatic hydroxyl groups excluding tert-OH is 1. The average molecular weight is 566 g/mol. The first-order valence-electron chi connectivity index (χ1n) is 13.1. The second-order valence-electron chi connectivity index (χ2n) is 10.5. The fourth-order valence-corrected chi connectivity index (χ4v) is 4.65. The minimum atomic E-state index is -1.08. The van der Waals surface area contributed by atoms with E-state index in [2.05, 4.69) is 40.1 Å². The lowest BCUT2D eigenvalue weighted by Crippen LogP contribution is -2.53. The van der Waals surface area contributed by atoms with Crippen molar-refractivity contribution in [2.24, 2.45) is 5.92 Å². The number of aliphatic hydroxyl groups is 1. The van der Waals surface area contributed by atoms with E-state index in [-0.39, 0.29) is 25.7 Å². The number of fused-ring (bicyclic) bond motifs is 1. The molecule has 39 heavy (non-hydrogen) atoms. The van der Waals surface area contributed by atoms with E-state index in [0.29, 0.717) is 54.8 Å². The topological polar surface area (TPSA) is 110 Å². The molecule has 0 spiro atoms.